The number of carbonyl (C=O) groups is 2. The summed E-state index contributed by atoms with van der Waals surface area (Å²) in [6, 6.07) is 6.18. The highest BCUT2D eigenvalue weighted by molar-refractivity contribution is 5.88. The molecule has 108 valence electrons. The Labute approximate surface area is 119 Å². The van der Waals surface area contributed by atoms with Crippen LogP contribution in [0.1, 0.15) is 50.2 Å². The summed E-state index contributed by atoms with van der Waals surface area (Å²) in [5.41, 5.74) is 3.56. The molecule has 4 heteroatoms. The van der Waals surface area contributed by atoms with Gasteiger partial charge in [0, 0.05) is 26.1 Å². The van der Waals surface area contributed by atoms with Crippen LogP contribution >= 0.6 is 0 Å². The van der Waals surface area contributed by atoms with Crippen molar-refractivity contribution in [2.45, 2.75) is 45.4 Å². The van der Waals surface area contributed by atoms with Crippen LogP contribution in [0.4, 0.5) is 5.69 Å². The molecule has 2 rings (SSSR count). The summed E-state index contributed by atoms with van der Waals surface area (Å²) in [5.74, 6) is 0.447. The molecule has 1 unspecified atom stereocenters. The first-order valence-electron chi connectivity index (χ1n) is 7.21. The highest BCUT2D eigenvalue weighted by Crippen LogP contribution is 2.35. The number of carbonyl (C=O) groups excluding carboxylic acids is 2. The molecule has 1 aromatic carbocycles. The van der Waals surface area contributed by atoms with E-state index >= 15 is 0 Å². The van der Waals surface area contributed by atoms with Crippen molar-refractivity contribution in [2.75, 3.05) is 11.9 Å². The number of aryl methyl sites for hydroxylation is 1. The zero-order chi connectivity index (χ0) is 14.5. The number of anilines is 1. The molecule has 0 heterocycles. The molecule has 1 aromatic rings. The van der Waals surface area contributed by atoms with Crippen molar-refractivity contribution in [1.29, 1.82) is 0 Å². The number of fused-ring (bicyclic) bond motifs is 1. The van der Waals surface area contributed by atoms with Gasteiger partial charge in [0.05, 0.1) is 0 Å². The van der Waals surface area contributed by atoms with E-state index in [9.17, 15) is 9.59 Å². The first-order valence-corrected chi connectivity index (χ1v) is 7.21. The molecular formula is C16H22N2O2. The normalized spacial score (nSPS) is 17.2. The third-order valence-electron chi connectivity index (χ3n) is 3.77. The van der Waals surface area contributed by atoms with Gasteiger partial charge in [-0.3, -0.25) is 9.59 Å². The molecule has 0 radical (unpaired) electrons. The Morgan fingerprint density at radius 2 is 2.05 bits per heavy atom. The Morgan fingerprint density at radius 3 is 2.75 bits per heavy atom. The van der Waals surface area contributed by atoms with Gasteiger partial charge >= 0.3 is 0 Å². The second-order valence-electron chi connectivity index (χ2n) is 5.46. The van der Waals surface area contributed by atoms with Crippen molar-refractivity contribution in [1.82, 2.24) is 5.32 Å². The maximum Gasteiger partial charge on any atom is 0.221 e. The van der Waals surface area contributed by atoms with Gasteiger partial charge in [-0.15, -0.1) is 0 Å². The van der Waals surface area contributed by atoms with E-state index in [2.05, 4.69) is 22.8 Å². The van der Waals surface area contributed by atoms with Crippen LogP contribution in [0.3, 0.4) is 0 Å². The number of hydrogen-bond donors (Lipinski definition) is 2. The summed E-state index contributed by atoms with van der Waals surface area (Å²) in [6.45, 7) is 3.78. The van der Waals surface area contributed by atoms with Crippen LogP contribution in [0, 0.1) is 0 Å². The summed E-state index contributed by atoms with van der Waals surface area (Å²) >= 11 is 0. The zero-order valence-corrected chi connectivity index (χ0v) is 12.2. The van der Waals surface area contributed by atoms with Gasteiger partial charge in [0.1, 0.15) is 0 Å². The van der Waals surface area contributed by atoms with Crippen LogP contribution in [0.15, 0.2) is 18.2 Å². The predicted molar refractivity (Wildman–Crippen MR) is 79.7 cm³/mol. The summed E-state index contributed by atoms with van der Waals surface area (Å²) in [5, 5.41) is 5.70. The monoisotopic (exact) mass is 274 g/mol. The Balaban J connectivity index is 2.10. The average Bonchev–Trinajstić information content (AvgIpc) is 2.38. The SMILES string of the molecule is CC(=O)NCCC1CCCc2ccc(NC(C)=O)cc21. The lowest BCUT2D eigenvalue weighted by Crippen LogP contribution is -2.23. The van der Waals surface area contributed by atoms with Crippen LogP contribution < -0.4 is 10.6 Å². The second kappa shape index (κ2) is 6.55. The molecule has 0 spiro atoms. The Hall–Kier alpha value is -1.84. The Kier molecular flexibility index (Phi) is 4.77. The molecule has 0 saturated carbocycles. The van der Waals surface area contributed by atoms with E-state index < -0.39 is 0 Å². The molecule has 2 amide bonds. The van der Waals surface area contributed by atoms with Gasteiger partial charge in [0.15, 0.2) is 0 Å². The lowest BCUT2D eigenvalue weighted by atomic mass is 9.81. The van der Waals surface area contributed by atoms with E-state index in [0.717, 1.165) is 24.9 Å². The van der Waals surface area contributed by atoms with Crippen LogP contribution in [-0.4, -0.2) is 18.4 Å². The number of amides is 2. The second-order valence-corrected chi connectivity index (χ2v) is 5.46. The Morgan fingerprint density at radius 1 is 1.25 bits per heavy atom. The van der Waals surface area contributed by atoms with Crippen LogP contribution in [-0.2, 0) is 16.0 Å². The number of nitrogens with one attached hydrogen (secondary N) is 2. The molecular weight excluding hydrogens is 252 g/mol. The third kappa shape index (κ3) is 3.83. The first kappa shape index (κ1) is 14.6. The van der Waals surface area contributed by atoms with Crippen molar-refractivity contribution in [3.05, 3.63) is 29.3 Å². The van der Waals surface area contributed by atoms with E-state index in [1.54, 1.807) is 6.92 Å². The maximum atomic E-state index is 11.2. The molecule has 0 bridgehead atoms. The van der Waals surface area contributed by atoms with Crippen LogP contribution in [0.25, 0.3) is 0 Å². The summed E-state index contributed by atoms with van der Waals surface area (Å²) in [4.78, 5) is 22.1. The third-order valence-corrected chi connectivity index (χ3v) is 3.77. The highest BCUT2D eigenvalue weighted by Gasteiger charge is 2.20. The van der Waals surface area contributed by atoms with E-state index in [1.807, 2.05) is 6.07 Å². The lowest BCUT2D eigenvalue weighted by molar-refractivity contribution is -0.119. The average molecular weight is 274 g/mol. The lowest BCUT2D eigenvalue weighted by Gasteiger charge is -2.26. The van der Waals surface area contributed by atoms with Crippen molar-refractivity contribution >= 4 is 17.5 Å². The number of rotatable bonds is 4. The van der Waals surface area contributed by atoms with Crippen molar-refractivity contribution < 1.29 is 9.59 Å². The van der Waals surface area contributed by atoms with E-state index in [-0.39, 0.29) is 11.8 Å². The first-order chi connectivity index (χ1) is 9.56. The molecule has 2 N–H and O–H groups in total. The molecule has 4 nitrogen and oxygen atoms in total. The van der Waals surface area contributed by atoms with Crippen molar-refractivity contribution in [3.63, 3.8) is 0 Å². The minimum atomic E-state index is -0.0458. The highest BCUT2D eigenvalue weighted by atomic mass is 16.2. The van der Waals surface area contributed by atoms with Crippen molar-refractivity contribution in [3.8, 4) is 0 Å². The minimum absolute atomic E-state index is 0.0213. The fraction of sp³-hybridized carbons (Fsp3) is 0.500. The van der Waals surface area contributed by atoms with E-state index in [0.29, 0.717) is 12.5 Å². The van der Waals surface area contributed by atoms with Gasteiger partial charge < -0.3 is 10.6 Å². The van der Waals surface area contributed by atoms with Gasteiger partial charge in [0.25, 0.3) is 0 Å². The minimum Gasteiger partial charge on any atom is -0.356 e. The van der Waals surface area contributed by atoms with Gasteiger partial charge in [-0.2, -0.15) is 0 Å². The molecule has 0 saturated heterocycles. The van der Waals surface area contributed by atoms with Crippen LogP contribution in [0.5, 0.6) is 0 Å². The topological polar surface area (TPSA) is 58.2 Å². The molecule has 1 aliphatic carbocycles. The fourth-order valence-corrected chi connectivity index (χ4v) is 2.90. The molecule has 0 aliphatic heterocycles. The number of hydrogen-bond acceptors (Lipinski definition) is 2. The van der Waals surface area contributed by atoms with Gasteiger partial charge in [-0.1, -0.05) is 6.07 Å². The molecule has 20 heavy (non-hydrogen) atoms. The van der Waals surface area contributed by atoms with Gasteiger partial charge in [-0.05, 0) is 54.9 Å². The molecule has 0 fully saturated rings. The standard InChI is InChI=1S/C16H22N2O2/c1-11(19)17-9-8-14-5-3-4-13-6-7-15(10-16(13)14)18-12(2)20/h6-7,10,14H,3-5,8-9H2,1-2H3,(H,17,19)(H,18,20). The van der Waals surface area contributed by atoms with Gasteiger partial charge in [-0.25, -0.2) is 0 Å². The van der Waals surface area contributed by atoms with E-state index in [1.165, 1.54) is 24.5 Å². The zero-order valence-electron chi connectivity index (χ0n) is 12.2. The predicted octanol–water partition coefficient (Wildman–Crippen LogP) is 2.59. The van der Waals surface area contributed by atoms with Crippen LogP contribution in [0.2, 0.25) is 0 Å². The summed E-state index contributed by atoms with van der Waals surface area (Å²) < 4.78 is 0. The number of benzene rings is 1. The van der Waals surface area contributed by atoms with Crippen molar-refractivity contribution in [2.24, 2.45) is 0 Å². The van der Waals surface area contributed by atoms with Gasteiger partial charge in [0.2, 0.25) is 11.8 Å². The maximum absolute atomic E-state index is 11.2. The Bertz CT molecular complexity index is 511. The molecule has 0 aromatic heterocycles. The quantitative estimate of drug-likeness (QED) is 0.886. The molecule has 1 aliphatic rings. The molecule has 1 atom stereocenters. The fourth-order valence-electron chi connectivity index (χ4n) is 2.90. The summed E-state index contributed by atoms with van der Waals surface area (Å²) in [7, 11) is 0. The smallest absolute Gasteiger partial charge is 0.221 e. The van der Waals surface area contributed by atoms with E-state index in [4.69, 9.17) is 0 Å². The summed E-state index contributed by atoms with van der Waals surface area (Å²) in [6.07, 6.45) is 4.40. The largest absolute Gasteiger partial charge is 0.356 e.